The standard InChI is InChI=1S/C14H23N5O/c1-10-16-8-11(9-18(2)3)14(17-10)12-5-4-6-19(12)13(20)7-15/h8,12H,4-7,9,15H2,1-3H3/t12-/m0/s1. The third kappa shape index (κ3) is 3.13. The lowest BCUT2D eigenvalue weighted by Gasteiger charge is -2.26. The van der Waals surface area contributed by atoms with Gasteiger partial charge in [0.05, 0.1) is 18.3 Å². The topological polar surface area (TPSA) is 75.4 Å². The summed E-state index contributed by atoms with van der Waals surface area (Å²) in [6, 6.07) is 0.0442. The average Bonchev–Trinajstić information content (AvgIpc) is 2.88. The maximum Gasteiger partial charge on any atom is 0.236 e. The van der Waals surface area contributed by atoms with E-state index in [0.717, 1.165) is 43.0 Å². The zero-order valence-corrected chi connectivity index (χ0v) is 12.5. The van der Waals surface area contributed by atoms with E-state index in [9.17, 15) is 4.79 Å². The molecule has 0 unspecified atom stereocenters. The number of carbonyl (C=O) groups excluding carboxylic acids is 1. The van der Waals surface area contributed by atoms with Crippen LogP contribution in [-0.4, -0.2) is 52.9 Å². The molecule has 1 atom stereocenters. The molecular weight excluding hydrogens is 254 g/mol. The molecule has 0 radical (unpaired) electrons. The van der Waals surface area contributed by atoms with Crippen LogP contribution in [0.25, 0.3) is 0 Å². The summed E-state index contributed by atoms with van der Waals surface area (Å²) in [7, 11) is 4.03. The Balaban J connectivity index is 2.34. The monoisotopic (exact) mass is 277 g/mol. The highest BCUT2D eigenvalue weighted by Crippen LogP contribution is 2.32. The van der Waals surface area contributed by atoms with Gasteiger partial charge in [-0.15, -0.1) is 0 Å². The van der Waals surface area contributed by atoms with E-state index in [1.165, 1.54) is 0 Å². The van der Waals surface area contributed by atoms with Crippen molar-refractivity contribution in [2.75, 3.05) is 27.2 Å². The molecule has 0 bridgehead atoms. The van der Waals surface area contributed by atoms with Crippen molar-refractivity contribution in [3.63, 3.8) is 0 Å². The summed E-state index contributed by atoms with van der Waals surface area (Å²) >= 11 is 0. The fraction of sp³-hybridized carbons (Fsp3) is 0.643. The number of nitrogens with two attached hydrogens (primary N) is 1. The van der Waals surface area contributed by atoms with E-state index < -0.39 is 0 Å². The van der Waals surface area contributed by atoms with Crippen molar-refractivity contribution < 1.29 is 4.79 Å². The van der Waals surface area contributed by atoms with Crippen LogP contribution in [0.3, 0.4) is 0 Å². The minimum Gasteiger partial charge on any atom is -0.333 e. The molecule has 0 aromatic carbocycles. The molecule has 6 nitrogen and oxygen atoms in total. The van der Waals surface area contributed by atoms with Gasteiger partial charge in [0.2, 0.25) is 5.91 Å². The quantitative estimate of drug-likeness (QED) is 0.866. The van der Waals surface area contributed by atoms with Crippen LogP contribution in [-0.2, 0) is 11.3 Å². The first kappa shape index (κ1) is 14.9. The predicted molar refractivity (Wildman–Crippen MR) is 76.9 cm³/mol. The average molecular weight is 277 g/mol. The van der Waals surface area contributed by atoms with Crippen molar-refractivity contribution in [2.24, 2.45) is 5.73 Å². The van der Waals surface area contributed by atoms with Gasteiger partial charge in [-0.3, -0.25) is 4.79 Å². The van der Waals surface area contributed by atoms with Crippen LogP contribution in [0, 0.1) is 6.92 Å². The molecule has 1 aliphatic rings. The normalized spacial score (nSPS) is 18.9. The number of aryl methyl sites for hydroxylation is 1. The van der Waals surface area contributed by atoms with Gasteiger partial charge in [-0.2, -0.15) is 0 Å². The number of aromatic nitrogens is 2. The SMILES string of the molecule is Cc1ncc(CN(C)C)c([C@@H]2CCCN2C(=O)CN)n1. The molecular formula is C14H23N5O. The van der Waals surface area contributed by atoms with E-state index in [-0.39, 0.29) is 18.5 Å². The molecule has 0 spiro atoms. The largest absolute Gasteiger partial charge is 0.333 e. The number of hydrogen-bond donors (Lipinski definition) is 1. The second kappa shape index (κ2) is 6.28. The number of hydrogen-bond acceptors (Lipinski definition) is 5. The molecule has 2 heterocycles. The first-order valence-corrected chi connectivity index (χ1v) is 6.99. The molecule has 1 amide bonds. The number of carbonyl (C=O) groups is 1. The van der Waals surface area contributed by atoms with Gasteiger partial charge in [-0.05, 0) is 33.9 Å². The second-order valence-electron chi connectivity index (χ2n) is 5.51. The minimum absolute atomic E-state index is 0.000400. The lowest BCUT2D eigenvalue weighted by molar-refractivity contribution is -0.130. The lowest BCUT2D eigenvalue weighted by atomic mass is 10.1. The molecule has 6 heteroatoms. The van der Waals surface area contributed by atoms with E-state index in [4.69, 9.17) is 5.73 Å². The molecule has 1 fully saturated rings. The van der Waals surface area contributed by atoms with Crippen molar-refractivity contribution >= 4 is 5.91 Å². The Morgan fingerprint density at radius 3 is 2.95 bits per heavy atom. The Kier molecular flexibility index (Phi) is 4.67. The highest BCUT2D eigenvalue weighted by atomic mass is 16.2. The maximum absolute atomic E-state index is 12.0. The van der Waals surface area contributed by atoms with E-state index in [1.807, 2.05) is 32.1 Å². The summed E-state index contributed by atoms with van der Waals surface area (Å²) < 4.78 is 0. The second-order valence-corrected chi connectivity index (χ2v) is 5.51. The van der Waals surface area contributed by atoms with Gasteiger partial charge in [-0.25, -0.2) is 9.97 Å². The van der Waals surface area contributed by atoms with Crippen LogP contribution < -0.4 is 5.73 Å². The molecule has 0 saturated carbocycles. The Morgan fingerprint density at radius 2 is 2.30 bits per heavy atom. The Labute approximate surface area is 120 Å². The van der Waals surface area contributed by atoms with Crippen LogP contribution in [0.2, 0.25) is 0 Å². The zero-order valence-electron chi connectivity index (χ0n) is 12.5. The molecule has 1 aliphatic heterocycles. The van der Waals surface area contributed by atoms with Crippen molar-refractivity contribution in [3.8, 4) is 0 Å². The van der Waals surface area contributed by atoms with Crippen molar-refractivity contribution in [2.45, 2.75) is 32.4 Å². The fourth-order valence-electron chi connectivity index (χ4n) is 2.73. The molecule has 2 N–H and O–H groups in total. The molecule has 20 heavy (non-hydrogen) atoms. The highest BCUT2D eigenvalue weighted by molar-refractivity contribution is 5.78. The minimum atomic E-state index is -0.000400. The first-order chi connectivity index (χ1) is 9.52. The summed E-state index contributed by atoms with van der Waals surface area (Å²) in [5.41, 5.74) is 7.57. The first-order valence-electron chi connectivity index (χ1n) is 6.99. The van der Waals surface area contributed by atoms with E-state index in [2.05, 4.69) is 14.9 Å². The number of amides is 1. The highest BCUT2D eigenvalue weighted by Gasteiger charge is 2.32. The van der Waals surface area contributed by atoms with Crippen LogP contribution in [0.4, 0.5) is 0 Å². The third-order valence-electron chi connectivity index (χ3n) is 3.57. The zero-order chi connectivity index (χ0) is 14.7. The maximum atomic E-state index is 12.0. The van der Waals surface area contributed by atoms with Gasteiger partial charge in [0.15, 0.2) is 0 Å². The van der Waals surface area contributed by atoms with E-state index >= 15 is 0 Å². The van der Waals surface area contributed by atoms with Gasteiger partial charge in [0.1, 0.15) is 5.82 Å². The molecule has 1 aromatic rings. The van der Waals surface area contributed by atoms with Crippen LogP contribution in [0.1, 0.15) is 36.0 Å². The summed E-state index contributed by atoms with van der Waals surface area (Å²) in [5.74, 6) is 0.745. The number of likely N-dealkylation sites (tertiary alicyclic amines) is 1. The summed E-state index contributed by atoms with van der Waals surface area (Å²) in [5, 5.41) is 0. The number of nitrogens with zero attached hydrogens (tertiary/aromatic N) is 4. The molecule has 110 valence electrons. The Morgan fingerprint density at radius 1 is 1.55 bits per heavy atom. The Bertz CT molecular complexity index is 488. The molecule has 0 aliphatic carbocycles. The third-order valence-corrected chi connectivity index (χ3v) is 3.57. The number of rotatable bonds is 4. The molecule has 1 aromatic heterocycles. The predicted octanol–water partition coefficient (Wildman–Crippen LogP) is 0.469. The van der Waals surface area contributed by atoms with Crippen molar-refractivity contribution in [1.29, 1.82) is 0 Å². The summed E-state index contributed by atoms with van der Waals surface area (Å²) in [6.07, 6.45) is 3.82. The van der Waals surface area contributed by atoms with E-state index in [0.29, 0.717) is 0 Å². The molecule has 1 saturated heterocycles. The van der Waals surface area contributed by atoms with Gasteiger partial charge < -0.3 is 15.5 Å². The van der Waals surface area contributed by atoms with Crippen LogP contribution in [0.5, 0.6) is 0 Å². The van der Waals surface area contributed by atoms with Gasteiger partial charge >= 0.3 is 0 Å². The van der Waals surface area contributed by atoms with E-state index in [1.54, 1.807) is 0 Å². The Hall–Kier alpha value is -1.53. The van der Waals surface area contributed by atoms with Crippen LogP contribution >= 0.6 is 0 Å². The van der Waals surface area contributed by atoms with Gasteiger partial charge in [0, 0.05) is 24.8 Å². The molecule has 2 rings (SSSR count). The van der Waals surface area contributed by atoms with Crippen molar-refractivity contribution in [3.05, 3.63) is 23.3 Å². The summed E-state index contributed by atoms with van der Waals surface area (Å²) in [4.78, 5) is 24.8. The van der Waals surface area contributed by atoms with Crippen LogP contribution in [0.15, 0.2) is 6.20 Å². The smallest absolute Gasteiger partial charge is 0.236 e. The lowest BCUT2D eigenvalue weighted by Crippen LogP contribution is -2.36. The summed E-state index contributed by atoms with van der Waals surface area (Å²) in [6.45, 7) is 3.48. The van der Waals surface area contributed by atoms with Crippen molar-refractivity contribution in [1.82, 2.24) is 19.8 Å². The van der Waals surface area contributed by atoms with Gasteiger partial charge in [-0.1, -0.05) is 0 Å². The van der Waals surface area contributed by atoms with Gasteiger partial charge in [0.25, 0.3) is 0 Å². The fourth-order valence-corrected chi connectivity index (χ4v) is 2.73.